The maximum atomic E-state index is 13.9. The fourth-order valence-electron chi connectivity index (χ4n) is 6.53. The van der Waals surface area contributed by atoms with Crippen molar-refractivity contribution >= 4 is 29.6 Å². The van der Waals surface area contributed by atoms with E-state index in [2.05, 4.69) is 24.5 Å². The van der Waals surface area contributed by atoms with E-state index in [1.807, 2.05) is 53.4 Å². The van der Waals surface area contributed by atoms with Gasteiger partial charge in [-0.1, -0.05) is 49.7 Å². The van der Waals surface area contributed by atoms with E-state index in [0.29, 0.717) is 45.0 Å². The summed E-state index contributed by atoms with van der Waals surface area (Å²) in [4.78, 5) is 57.4. The third-order valence-corrected chi connectivity index (χ3v) is 9.35. The highest BCUT2D eigenvalue weighted by atomic mass is 16.6. The van der Waals surface area contributed by atoms with Crippen molar-refractivity contribution in [3.8, 4) is 0 Å². The van der Waals surface area contributed by atoms with Crippen LogP contribution in [0.25, 0.3) is 0 Å². The molecule has 1 spiro atoms. The summed E-state index contributed by atoms with van der Waals surface area (Å²) in [6, 6.07) is 15.3. The third kappa shape index (κ3) is 5.79. The molecule has 6 rings (SSSR count). The Balaban J connectivity index is 1.10. The molecule has 2 heterocycles. The minimum absolute atomic E-state index is 0.0370. The van der Waals surface area contributed by atoms with Crippen LogP contribution < -0.4 is 10.6 Å². The number of benzene rings is 2. The maximum Gasteiger partial charge on any atom is 0.409 e. The van der Waals surface area contributed by atoms with E-state index in [1.165, 1.54) is 0 Å². The molecule has 10 nitrogen and oxygen atoms in total. The van der Waals surface area contributed by atoms with E-state index in [9.17, 15) is 19.2 Å². The number of aryl methyl sites for hydroxylation is 1. The Bertz CT molecular complexity index is 1390. The molecule has 2 N–H and O–H groups in total. The molecule has 2 atom stereocenters. The molecule has 228 valence electrons. The molecule has 43 heavy (non-hydrogen) atoms. The number of rotatable bonds is 11. The molecule has 1 saturated carbocycles. The third-order valence-electron chi connectivity index (χ3n) is 9.35. The lowest BCUT2D eigenvalue weighted by Gasteiger charge is -2.39. The number of carbonyl (C=O) groups excluding carboxylic acids is 4. The molecule has 10 heteroatoms. The van der Waals surface area contributed by atoms with Gasteiger partial charge in [-0.15, -0.1) is 0 Å². The van der Waals surface area contributed by atoms with Crippen molar-refractivity contribution in [1.29, 1.82) is 0 Å². The first-order valence-corrected chi connectivity index (χ1v) is 15.6. The molecule has 2 unspecified atom stereocenters. The second-order valence-corrected chi connectivity index (χ2v) is 12.4. The second-order valence-electron chi connectivity index (χ2n) is 12.4. The van der Waals surface area contributed by atoms with Gasteiger partial charge in [-0.3, -0.25) is 14.5 Å². The van der Waals surface area contributed by atoms with Crippen molar-refractivity contribution in [2.75, 3.05) is 31.6 Å². The fourth-order valence-corrected chi connectivity index (χ4v) is 6.53. The molecule has 0 aromatic heterocycles. The van der Waals surface area contributed by atoms with Crippen LogP contribution in [0.15, 0.2) is 48.5 Å². The molecule has 3 fully saturated rings. The van der Waals surface area contributed by atoms with Gasteiger partial charge >= 0.3 is 12.1 Å². The Morgan fingerprint density at radius 2 is 1.91 bits per heavy atom. The number of hydrogen-bond donors (Lipinski definition) is 2. The number of fused-ring (bicyclic) bond motifs is 2. The highest BCUT2D eigenvalue weighted by Crippen LogP contribution is 2.43. The SMILES string of the molecule is CCCCOC(=O)N1CC(Nc2ccc3c(c2)CCC32NC(=O)N(CC(=O)N(Cc3ccccc3)C(C)C3CC3)C2=O)C1. The molecule has 4 aliphatic rings. The summed E-state index contributed by atoms with van der Waals surface area (Å²) in [5.41, 5.74) is 2.57. The van der Waals surface area contributed by atoms with Gasteiger partial charge in [0.1, 0.15) is 12.1 Å². The number of nitrogens with one attached hydrogen (secondary N) is 2. The summed E-state index contributed by atoms with van der Waals surface area (Å²) in [7, 11) is 0. The van der Waals surface area contributed by atoms with E-state index < -0.39 is 11.6 Å². The van der Waals surface area contributed by atoms with Crippen molar-refractivity contribution in [3.63, 3.8) is 0 Å². The van der Waals surface area contributed by atoms with Crippen LogP contribution in [0.5, 0.6) is 0 Å². The van der Waals surface area contributed by atoms with Gasteiger partial charge in [0.05, 0.1) is 12.6 Å². The molecule has 2 saturated heterocycles. The van der Waals surface area contributed by atoms with Crippen LogP contribution in [-0.2, 0) is 32.8 Å². The number of hydrogen-bond acceptors (Lipinski definition) is 6. The highest BCUT2D eigenvalue weighted by Gasteiger charge is 2.56. The molecule has 2 aromatic rings. The Hall–Kier alpha value is -4.08. The number of amides is 5. The molecule has 2 aliphatic heterocycles. The predicted octanol–water partition coefficient (Wildman–Crippen LogP) is 4.24. The second kappa shape index (κ2) is 11.9. The standard InChI is InChI=1S/C33H41N5O5/c1-3-4-16-43-32(42)36-19-27(20-36)34-26-12-13-28-25(17-26)14-15-33(28)30(40)38(31(41)35-33)21-29(39)37(22(2)24-10-11-24)18-23-8-6-5-7-9-23/h5-9,12-13,17,22,24,27,34H,3-4,10-11,14-16,18-21H2,1-2H3,(H,35,41). The van der Waals surface area contributed by atoms with Crippen LogP contribution in [0.4, 0.5) is 15.3 Å². The summed E-state index contributed by atoms with van der Waals surface area (Å²) < 4.78 is 5.28. The molecule has 0 bridgehead atoms. The van der Waals surface area contributed by atoms with Crippen LogP contribution in [-0.4, -0.2) is 77.0 Å². The number of imide groups is 1. The summed E-state index contributed by atoms with van der Waals surface area (Å²) in [5.74, 6) is -0.125. The van der Waals surface area contributed by atoms with Gasteiger partial charge in [-0.05, 0) is 73.8 Å². The van der Waals surface area contributed by atoms with Gasteiger partial charge in [0.2, 0.25) is 5.91 Å². The first-order valence-electron chi connectivity index (χ1n) is 15.6. The zero-order valence-electron chi connectivity index (χ0n) is 25.0. The summed E-state index contributed by atoms with van der Waals surface area (Å²) in [6.45, 7) is 5.89. The van der Waals surface area contributed by atoms with E-state index in [0.717, 1.165) is 53.0 Å². The first-order chi connectivity index (χ1) is 20.8. The number of ether oxygens (including phenoxy) is 1. The van der Waals surface area contributed by atoms with Crippen molar-refractivity contribution < 1.29 is 23.9 Å². The monoisotopic (exact) mass is 587 g/mol. The largest absolute Gasteiger partial charge is 0.449 e. The average molecular weight is 588 g/mol. The zero-order valence-corrected chi connectivity index (χ0v) is 25.0. The molecule has 2 aromatic carbocycles. The van der Waals surface area contributed by atoms with Gasteiger partial charge < -0.3 is 25.2 Å². The fraction of sp³-hybridized carbons (Fsp3) is 0.515. The lowest BCUT2D eigenvalue weighted by atomic mass is 9.91. The van der Waals surface area contributed by atoms with Gasteiger partial charge in [-0.25, -0.2) is 9.59 Å². The average Bonchev–Trinajstić information content (AvgIpc) is 3.74. The van der Waals surface area contributed by atoms with Crippen LogP contribution in [0.3, 0.4) is 0 Å². The van der Waals surface area contributed by atoms with Gasteiger partial charge in [-0.2, -0.15) is 0 Å². The predicted molar refractivity (Wildman–Crippen MR) is 161 cm³/mol. The first kappa shape index (κ1) is 29.0. The van der Waals surface area contributed by atoms with Gasteiger partial charge in [0, 0.05) is 31.4 Å². The van der Waals surface area contributed by atoms with Crippen LogP contribution in [0.1, 0.15) is 62.6 Å². The molecule has 5 amide bonds. The van der Waals surface area contributed by atoms with E-state index in [4.69, 9.17) is 4.74 Å². The lowest BCUT2D eigenvalue weighted by molar-refractivity contribution is -0.141. The quantitative estimate of drug-likeness (QED) is 0.301. The number of likely N-dealkylation sites (tertiary alicyclic amines) is 1. The van der Waals surface area contributed by atoms with E-state index >= 15 is 0 Å². The smallest absolute Gasteiger partial charge is 0.409 e. The van der Waals surface area contributed by atoms with Crippen LogP contribution >= 0.6 is 0 Å². The van der Waals surface area contributed by atoms with Gasteiger partial charge in [0.15, 0.2) is 0 Å². The van der Waals surface area contributed by atoms with Crippen LogP contribution in [0.2, 0.25) is 0 Å². The molecular formula is C33H41N5O5. The number of carbonyl (C=O) groups is 4. The van der Waals surface area contributed by atoms with Gasteiger partial charge in [0.25, 0.3) is 5.91 Å². The lowest BCUT2D eigenvalue weighted by Crippen LogP contribution is -2.57. The topological polar surface area (TPSA) is 111 Å². The molecule has 2 aliphatic carbocycles. The Labute approximate surface area is 252 Å². The van der Waals surface area contributed by atoms with Crippen molar-refractivity contribution in [2.45, 2.75) is 76.5 Å². The minimum atomic E-state index is -1.15. The summed E-state index contributed by atoms with van der Waals surface area (Å²) >= 11 is 0. The maximum absolute atomic E-state index is 13.9. The minimum Gasteiger partial charge on any atom is -0.449 e. The van der Waals surface area contributed by atoms with Crippen molar-refractivity contribution in [3.05, 3.63) is 65.2 Å². The summed E-state index contributed by atoms with van der Waals surface area (Å²) in [5, 5.41) is 6.42. The number of nitrogens with zero attached hydrogens (tertiary/aromatic N) is 3. The Morgan fingerprint density at radius 1 is 1.14 bits per heavy atom. The summed E-state index contributed by atoms with van der Waals surface area (Å²) in [6.07, 6.45) is 4.84. The molecular weight excluding hydrogens is 546 g/mol. The Kier molecular flexibility index (Phi) is 8.03. The van der Waals surface area contributed by atoms with Crippen molar-refractivity contribution in [1.82, 2.24) is 20.0 Å². The number of unbranched alkanes of at least 4 members (excludes halogenated alkanes) is 1. The van der Waals surface area contributed by atoms with Crippen molar-refractivity contribution in [2.24, 2.45) is 5.92 Å². The van der Waals surface area contributed by atoms with Crippen LogP contribution in [0, 0.1) is 5.92 Å². The normalized spacial score (nSPS) is 21.8. The van der Waals surface area contributed by atoms with E-state index in [-0.39, 0.29) is 36.5 Å². The molecule has 0 radical (unpaired) electrons. The number of anilines is 1. The zero-order chi connectivity index (χ0) is 30.1. The van der Waals surface area contributed by atoms with E-state index in [1.54, 1.807) is 4.90 Å². The highest BCUT2D eigenvalue weighted by molar-refractivity contribution is 6.10. The number of urea groups is 1. The Morgan fingerprint density at radius 3 is 2.63 bits per heavy atom.